The summed E-state index contributed by atoms with van der Waals surface area (Å²) < 4.78 is 5.53. The zero-order valence-corrected chi connectivity index (χ0v) is 9.88. The Balaban J connectivity index is 2.18. The monoisotopic (exact) mass is 243 g/mol. The third-order valence-electron chi connectivity index (χ3n) is 2.49. The van der Waals surface area contributed by atoms with Crippen molar-refractivity contribution in [2.45, 2.75) is 6.92 Å². The highest BCUT2D eigenvalue weighted by molar-refractivity contribution is 5.92. The minimum atomic E-state index is -0.469. The van der Waals surface area contributed by atoms with E-state index in [1.165, 1.54) is 0 Å². The maximum atomic E-state index is 10.9. The van der Waals surface area contributed by atoms with Crippen molar-refractivity contribution in [3.8, 4) is 11.6 Å². The predicted molar refractivity (Wildman–Crippen MR) is 68.4 cm³/mol. The molecule has 0 bridgehead atoms. The number of aromatic nitrogens is 1. The summed E-state index contributed by atoms with van der Waals surface area (Å²) in [5.74, 6) is 0.563. The van der Waals surface area contributed by atoms with Gasteiger partial charge in [-0.15, -0.1) is 0 Å². The van der Waals surface area contributed by atoms with Gasteiger partial charge >= 0.3 is 0 Å². The van der Waals surface area contributed by atoms with Crippen LogP contribution < -0.4 is 16.2 Å². The molecule has 0 aliphatic carbocycles. The molecule has 0 spiro atoms. The smallest absolute Gasteiger partial charge is 0.248 e. The maximum absolute atomic E-state index is 10.9. The Hall–Kier alpha value is -2.56. The Bertz CT molecular complexity index is 579. The second kappa shape index (κ2) is 4.75. The number of anilines is 1. The van der Waals surface area contributed by atoms with Crippen LogP contribution in [0.3, 0.4) is 0 Å². The molecule has 5 heteroatoms. The maximum Gasteiger partial charge on any atom is 0.248 e. The Morgan fingerprint density at radius 1 is 1.28 bits per heavy atom. The van der Waals surface area contributed by atoms with Gasteiger partial charge in [-0.25, -0.2) is 4.98 Å². The van der Waals surface area contributed by atoms with Crippen molar-refractivity contribution in [2.75, 3.05) is 5.73 Å². The van der Waals surface area contributed by atoms with Crippen LogP contribution in [0.2, 0.25) is 0 Å². The van der Waals surface area contributed by atoms with Crippen molar-refractivity contribution in [3.05, 3.63) is 47.7 Å². The lowest BCUT2D eigenvalue weighted by molar-refractivity contribution is 0.100. The first kappa shape index (κ1) is 11.9. The van der Waals surface area contributed by atoms with E-state index in [9.17, 15) is 4.79 Å². The average Bonchev–Trinajstić information content (AvgIpc) is 2.34. The number of benzene rings is 1. The number of pyridine rings is 1. The Morgan fingerprint density at radius 2 is 1.94 bits per heavy atom. The van der Waals surface area contributed by atoms with Gasteiger partial charge in [0, 0.05) is 11.6 Å². The van der Waals surface area contributed by atoms with Crippen molar-refractivity contribution in [2.24, 2.45) is 5.73 Å². The molecule has 0 saturated heterocycles. The van der Waals surface area contributed by atoms with Gasteiger partial charge in [0.15, 0.2) is 0 Å². The normalized spacial score (nSPS) is 10.1. The van der Waals surface area contributed by atoms with Gasteiger partial charge in [-0.05, 0) is 36.8 Å². The second-order valence-electron chi connectivity index (χ2n) is 3.87. The van der Waals surface area contributed by atoms with Crippen molar-refractivity contribution in [3.63, 3.8) is 0 Å². The van der Waals surface area contributed by atoms with Gasteiger partial charge < -0.3 is 16.2 Å². The second-order valence-corrected chi connectivity index (χ2v) is 3.87. The Labute approximate surface area is 104 Å². The van der Waals surface area contributed by atoms with Gasteiger partial charge in [-0.3, -0.25) is 4.79 Å². The fourth-order valence-corrected chi connectivity index (χ4v) is 1.40. The number of ether oxygens (including phenoxy) is 1. The van der Waals surface area contributed by atoms with E-state index in [2.05, 4.69) is 4.98 Å². The molecule has 0 radical (unpaired) electrons. The van der Waals surface area contributed by atoms with E-state index < -0.39 is 5.91 Å². The summed E-state index contributed by atoms with van der Waals surface area (Å²) in [5.41, 5.74) is 12.8. The lowest BCUT2D eigenvalue weighted by Gasteiger charge is -2.06. The quantitative estimate of drug-likeness (QED) is 0.860. The summed E-state index contributed by atoms with van der Waals surface area (Å²) in [6.07, 6.45) is 1.54. The molecule has 0 unspecified atom stereocenters. The Morgan fingerprint density at radius 3 is 2.50 bits per heavy atom. The summed E-state index contributed by atoms with van der Waals surface area (Å²) >= 11 is 0. The number of nitrogens with two attached hydrogens (primary N) is 2. The van der Waals surface area contributed by atoms with Gasteiger partial charge in [-0.2, -0.15) is 0 Å². The van der Waals surface area contributed by atoms with Crippen molar-refractivity contribution < 1.29 is 9.53 Å². The highest BCUT2D eigenvalue weighted by Crippen LogP contribution is 2.22. The van der Waals surface area contributed by atoms with E-state index in [1.54, 1.807) is 36.5 Å². The average molecular weight is 243 g/mol. The van der Waals surface area contributed by atoms with Crippen LogP contribution in [0.1, 0.15) is 15.9 Å². The number of nitrogen functional groups attached to an aromatic ring is 1. The van der Waals surface area contributed by atoms with Crippen LogP contribution in [0.25, 0.3) is 0 Å². The minimum absolute atomic E-state index is 0.434. The molecule has 92 valence electrons. The fourth-order valence-electron chi connectivity index (χ4n) is 1.40. The molecule has 2 rings (SSSR count). The van der Waals surface area contributed by atoms with Gasteiger partial charge in [-0.1, -0.05) is 0 Å². The first-order valence-corrected chi connectivity index (χ1v) is 5.36. The molecular weight excluding hydrogens is 230 g/mol. The number of carbonyl (C=O) groups excluding carboxylic acids is 1. The van der Waals surface area contributed by atoms with Gasteiger partial charge in [0.25, 0.3) is 0 Å². The molecule has 0 aliphatic heterocycles. The third-order valence-corrected chi connectivity index (χ3v) is 2.49. The molecule has 5 nitrogen and oxygen atoms in total. The number of nitrogens with zero attached hydrogens (tertiary/aromatic N) is 1. The highest BCUT2D eigenvalue weighted by atomic mass is 16.5. The molecule has 0 saturated carbocycles. The fraction of sp³-hybridized carbons (Fsp3) is 0.0769. The van der Waals surface area contributed by atoms with E-state index in [4.69, 9.17) is 16.2 Å². The number of amides is 1. The van der Waals surface area contributed by atoms with Crippen LogP contribution in [-0.4, -0.2) is 10.9 Å². The molecule has 1 aromatic carbocycles. The number of primary amides is 1. The molecular formula is C13H13N3O2. The van der Waals surface area contributed by atoms with Crippen molar-refractivity contribution in [1.29, 1.82) is 0 Å². The van der Waals surface area contributed by atoms with E-state index in [1.807, 2.05) is 6.92 Å². The molecule has 0 atom stereocenters. The number of carbonyl (C=O) groups is 1. The molecule has 1 aromatic heterocycles. The van der Waals surface area contributed by atoms with E-state index in [0.717, 1.165) is 5.56 Å². The van der Waals surface area contributed by atoms with Crippen LogP contribution in [0.15, 0.2) is 36.5 Å². The lowest BCUT2D eigenvalue weighted by Crippen LogP contribution is -2.10. The van der Waals surface area contributed by atoms with Crippen LogP contribution in [0.5, 0.6) is 11.6 Å². The largest absolute Gasteiger partial charge is 0.439 e. The molecule has 1 heterocycles. The predicted octanol–water partition coefficient (Wildman–Crippen LogP) is 1.86. The van der Waals surface area contributed by atoms with Crippen LogP contribution in [0, 0.1) is 6.92 Å². The molecule has 0 fully saturated rings. The van der Waals surface area contributed by atoms with E-state index >= 15 is 0 Å². The first-order valence-electron chi connectivity index (χ1n) is 5.36. The topological polar surface area (TPSA) is 91.2 Å². The molecule has 1 amide bonds. The van der Waals surface area contributed by atoms with Gasteiger partial charge in [0.05, 0.1) is 11.9 Å². The molecule has 4 N–H and O–H groups in total. The van der Waals surface area contributed by atoms with Crippen LogP contribution in [-0.2, 0) is 0 Å². The summed E-state index contributed by atoms with van der Waals surface area (Å²) in [7, 11) is 0. The van der Waals surface area contributed by atoms with Crippen molar-refractivity contribution >= 4 is 11.6 Å². The van der Waals surface area contributed by atoms with Crippen LogP contribution >= 0.6 is 0 Å². The number of hydrogen-bond acceptors (Lipinski definition) is 4. The summed E-state index contributed by atoms with van der Waals surface area (Å²) in [4.78, 5) is 15.0. The van der Waals surface area contributed by atoms with E-state index in [-0.39, 0.29) is 0 Å². The standard InChI is InChI=1S/C13H13N3O2/c1-8-6-12(16-7-11(8)14)18-10-4-2-9(3-5-10)13(15)17/h2-7H,14H2,1H3,(H2,15,17). The molecule has 0 aliphatic rings. The number of aryl methyl sites for hydroxylation is 1. The minimum Gasteiger partial charge on any atom is -0.439 e. The van der Waals surface area contributed by atoms with Gasteiger partial charge in [0.1, 0.15) is 5.75 Å². The molecule has 2 aromatic rings. The zero-order valence-electron chi connectivity index (χ0n) is 9.88. The van der Waals surface area contributed by atoms with E-state index in [0.29, 0.717) is 22.9 Å². The van der Waals surface area contributed by atoms with Gasteiger partial charge in [0.2, 0.25) is 11.8 Å². The Kier molecular flexibility index (Phi) is 3.14. The first-order chi connectivity index (χ1) is 8.56. The van der Waals surface area contributed by atoms with Crippen LogP contribution in [0.4, 0.5) is 5.69 Å². The summed E-state index contributed by atoms with van der Waals surface area (Å²) in [6.45, 7) is 1.88. The summed E-state index contributed by atoms with van der Waals surface area (Å²) in [6, 6.07) is 8.27. The number of rotatable bonds is 3. The highest BCUT2D eigenvalue weighted by Gasteiger charge is 2.03. The van der Waals surface area contributed by atoms with Crippen molar-refractivity contribution in [1.82, 2.24) is 4.98 Å². The SMILES string of the molecule is Cc1cc(Oc2ccc(C(N)=O)cc2)ncc1N. The molecule has 18 heavy (non-hydrogen) atoms. The summed E-state index contributed by atoms with van der Waals surface area (Å²) in [5, 5.41) is 0. The zero-order chi connectivity index (χ0) is 13.1. The number of hydrogen-bond donors (Lipinski definition) is 2. The lowest BCUT2D eigenvalue weighted by atomic mass is 10.2. The third kappa shape index (κ3) is 2.57.